The average molecular weight is 352 g/mol. The van der Waals surface area contributed by atoms with Gasteiger partial charge in [0.15, 0.2) is 5.65 Å². The molecule has 0 saturated carbocycles. The van der Waals surface area contributed by atoms with Crippen LogP contribution in [0.15, 0.2) is 22.7 Å². The second kappa shape index (κ2) is 5.14. The number of nitrogen functional groups attached to an aromatic ring is 1. The van der Waals surface area contributed by atoms with Crippen molar-refractivity contribution in [1.82, 2.24) is 19.3 Å². The Labute approximate surface area is 129 Å². The van der Waals surface area contributed by atoms with Crippen molar-refractivity contribution in [1.29, 1.82) is 0 Å². The second-order valence-corrected chi connectivity index (χ2v) is 5.81. The molecule has 0 aliphatic heterocycles. The van der Waals surface area contributed by atoms with E-state index in [9.17, 15) is 4.39 Å². The molecule has 1 aromatic carbocycles. The number of halogens is 2. The summed E-state index contributed by atoms with van der Waals surface area (Å²) >= 11 is 3.25. The zero-order chi connectivity index (χ0) is 15.1. The van der Waals surface area contributed by atoms with E-state index in [1.54, 1.807) is 21.4 Å². The minimum Gasteiger partial charge on any atom is -0.369 e. The molecular formula is C14H15BrFN5. The van der Waals surface area contributed by atoms with Crippen LogP contribution in [0.3, 0.4) is 0 Å². The number of rotatable bonds is 3. The zero-order valence-corrected chi connectivity index (χ0v) is 13.4. The lowest BCUT2D eigenvalue weighted by Crippen LogP contribution is -2.06. The number of nitrogens with zero attached hydrogens (tertiary/aromatic N) is 4. The lowest BCUT2D eigenvalue weighted by molar-refractivity contribution is 0.617. The van der Waals surface area contributed by atoms with Crippen LogP contribution in [0.25, 0.3) is 16.9 Å². The van der Waals surface area contributed by atoms with Crippen molar-refractivity contribution in [3.8, 4) is 5.69 Å². The first kappa shape index (κ1) is 14.1. The largest absolute Gasteiger partial charge is 0.369 e. The highest BCUT2D eigenvalue weighted by atomic mass is 79.9. The van der Waals surface area contributed by atoms with Gasteiger partial charge in [-0.2, -0.15) is 5.10 Å². The fraction of sp³-hybridized carbons (Fsp3) is 0.286. The Morgan fingerprint density at radius 3 is 2.81 bits per heavy atom. The van der Waals surface area contributed by atoms with Crippen LogP contribution in [0.1, 0.15) is 19.0 Å². The topological polar surface area (TPSA) is 61.7 Å². The summed E-state index contributed by atoms with van der Waals surface area (Å²) in [5.74, 6) is -0.106. The van der Waals surface area contributed by atoms with E-state index in [0.29, 0.717) is 15.8 Å². The first-order chi connectivity index (χ1) is 10.0. The third-order valence-corrected chi connectivity index (χ3v) is 3.86. The fourth-order valence-corrected chi connectivity index (χ4v) is 2.83. The summed E-state index contributed by atoms with van der Waals surface area (Å²) in [6.07, 6.45) is 1.78. The van der Waals surface area contributed by atoms with Crippen LogP contribution in [0.5, 0.6) is 0 Å². The van der Waals surface area contributed by atoms with Crippen LogP contribution in [-0.4, -0.2) is 19.3 Å². The van der Waals surface area contributed by atoms with Gasteiger partial charge in [0, 0.05) is 11.5 Å². The van der Waals surface area contributed by atoms with Crippen molar-refractivity contribution < 1.29 is 4.39 Å². The minimum absolute atomic E-state index is 0.261. The summed E-state index contributed by atoms with van der Waals surface area (Å²) in [7, 11) is 1.82. The molecule has 0 spiro atoms. The monoisotopic (exact) mass is 351 g/mol. The van der Waals surface area contributed by atoms with Crippen LogP contribution in [0.4, 0.5) is 10.3 Å². The van der Waals surface area contributed by atoms with Gasteiger partial charge in [-0.15, -0.1) is 0 Å². The molecule has 0 bridgehead atoms. The van der Waals surface area contributed by atoms with Gasteiger partial charge < -0.3 is 5.73 Å². The number of hydrogen-bond donors (Lipinski definition) is 1. The van der Waals surface area contributed by atoms with Gasteiger partial charge in [-0.25, -0.2) is 14.1 Å². The van der Waals surface area contributed by atoms with E-state index in [4.69, 9.17) is 5.73 Å². The predicted molar refractivity (Wildman–Crippen MR) is 83.9 cm³/mol. The second-order valence-electron chi connectivity index (χ2n) is 4.89. The molecule has 0 amide bonds. The van der Waals surface area contributed by atoms with E-state index < -0.39 is 0 Å². The van der Waals surface area contributed by atoms with Crippen LogP contribution >= 0.6 is 15.9 Å². The van der Waals surface area contributed by atoms with Gasteiger partial charge in [-0.3, -0.25) is 4.57 Å². The summed E-state index contributed by atoms with van der Waals surface area (Å²) < 4.78 is 18.2. The number of nitrogens with two attached hydrogens (primary N) is 1. The molecule has 0 saturated heterocycles. The Bertz CT molecular complexity index is 820. The van der Waals surface area contributed by atoms with E-state index in [2.05, 4.69) is 32.9 Å². The number of aryl methyl sites for hydroxylation is 2. The van der Waals surface area contributed by atoms with Gasteiger partial charge in [-0.1, -0.05) is 29.3 Å². The molecule has 0 atom stereocenters. The van der Waals surface area contributed by atoms with E-state index in [1.165, 1.54) is 6.07 Å². The van der Waals surface area contributed by atoms with E-state index >= 15 is 0 Å². The molecule has 2 aromatic heterocycles. The van der Waals surface area contributed by atoms with Crippen LogP contribution < -0.4 is 5.73 Å². The average Bonchev–Trinajstić information content (AvgIpc) is 2.89. The van der Waals surface area contributed by atoms with Gasteiger partial charge in [0.2, 0.25) is 5.95 Å². The molecule has 0 fully saturated rings. The highest BCUT2D eigenvalue weighted by molar-refractivity contribution is 9.10. The molecule has 2 N–H and O–H groups in total. The van der Waals surface area contributed by atoms with Crippen molar-refractivity contribution >= 4 is 33.0 Å². The summed E-state index contributed by atoms with van der Waals surface area (Å²) in [5, 5.41) is 4.46. The summed E-state index contributed by atoms with van der Waals surface area (Å²) in [6.45, 7) is 2.08. The number of anilines is 1. The maximum atomic E-state index is 14.2. The predicted octanol–water partition coefficient (Wildman–Crippen LogP) is 3.20. The van der Waals surface area contributed by atoms with Crippen molar-refractivity contribution in [3.05, 3.63) is 34.2 Å². The number of aromatic nitrogens is 4. The van der Waals surface area contributed by atoms with Crippen molar-refractivity contribution in [3.63, 3.8) is 0 Å². The normalized spacial score (nSPS) is 11.4. The Kier molecular flexibility index (Phi) is 3.44. The van der Waals surface area contributed by atoms with Crippen molar-refractivity contribution in [2.75, 3.05) is 5.73 Å². The molecule has 0 aliphatic rings. The molecular weight excluding hydrogens is 337 g/mol. The molecule has 7 heteroatoms. The highest BCUT2D eigenvalue weighted by Crippen LogP contribution is 2.28. The number of benzene rings is 1. The van der Waals surface area contributed by atoms with Gasteiger partial charge in [-0.05, 0) is 24.6 Å². The lowest BCUT2D eigenvalue weighted by atomic mass is 10.2. The molecule has 3 aromatic rings. The van der Waals surface area contributed by atoms with E-state index in [0.717, 1.165) is 24.1 Å². The molecule has 0 radical (unpaired) electrons. The number of hydrogen-bond acceptors (Lipinski definition) is 3. The van der Waals surface area contributed by atoms with Gasteiger partial charge in [0.1, 0.15) is 11.3 Å². The molecule has 110 valence electrons. The maximum absolute atomic E-state index is 14.2. The summed E-state index contributed by atoms with van der Waals surface area (Å²) in [6, 6.07) is 4.85. The fourth-order valence-electron chi connectivity index (χ4n) is 2.50. The third-order valence-electron chi connectivity index (χ3n) is 3.37. The molecule has 21 heavy (non-hydrogen) atoms. The van der Waals surface area contributed by atoms with Crippen molar-refractivity contribution in [2.45, 2.75) is 19.8 Å². The van der Waals surface area contributed by atoms with E-state index in [-0.39, 0.29) is 11.8 Å². The Balaban J connectivity index is 2.30. The first-order valence-electron chi connectivity index (χ1n) is 6.68. The third kappa shape index (κ3) is 2.21. The molecule has 3 rings (SSSR count). The Hall–Kier alpha value is -1.89. The van der Waals surface area contributed by atoms with Gasteiger partial charge in [0.05, 0.1) is 11.4 Å². The van der Waals surface area contributed by atoms with Crippen molar-refractivity contribution in [2.24, 2.45) is 7.05 Å². The lowest BCUT2D eigenvalue weighted by Gasteiger charge is -2.08. The SMILES string of the molecule is CCCc1nn(C)c2c1nc(N)n2-c1ccc(Br)cc1F. The first-order valence-corrected chi connectivity index (χ1v) is 7.47. The van der Waals surface area contributed by atoms with E-state index in [1.807, 2.05) is 7.05 Å². The standard InChI is InChI=1S/C14H15BrFN5/c1-3-4-10-12-13(20(2)19-10)21(14(17)18-12)11-6-5-8(15)7-9(11)16/h5-7H,3-4H2,1-2H3,(H2,17,18). The Morgan fingerprint density at radius 2 is 2.14 bits per heavy atom. The number of fused-ring (bicyclic) bond motifs is 1. The summed E-state index contributed by atoms with van der Waals surface area (Å²) in [5.41, 5.74) is 8.70. The minimum atomic E-state index is -0.367. The van der Waals surface area contributed by atoms with Crippen LogP contribution in [0, 0.1) is 5.82 Å². The van der Waals surface area contributed by atoms with Crippen LogP contribution in [0.2, 0.25) is 0 Å². The van der Waals surface area contributed by atoms with Crippen LogP contribution in [-0.2, 0) is 13.5 Å². The number of imidazole rings is 1. The quantitative estimate of drug-likeness (QED) is 0.788. The van der Waals surface area contributed by atoms with Gasteiger partial charge >= 0.3 is 0 Å². The Morgan fingerprint density at radius 1 is 1.38 bits per heavy atom. The highest BCUT2D eigenvalue weighted by Gasteiger charge is 2.20. The maximum Gasteiger partial charge on any atom is 0.207 e. The smallest absolute Gasteiger partial charge is 0.207 e. The van der Waals surface area contributed by atoms with Gasteiger partial charge in [0.25, 0.3) is 0 Å². The molecule has 0 aliphatic carbocycles. The molecule has 2 heterocycles. The molecule has 0 unspecified atom stereocenters. The molecule has 5 nitrogen and oxygen atoms in total. The summed E-state index contributed by atoms with van der Waals surface area (Å²) in [4.78, 5) is 4.37. The zero-order valence-electron chi connectivity index (χ0n) is 11.8.